The Bertz CT molecular complexity index is 374. The Morgan fingerprint density at radius 3 is 2.44 bits per heavy atom. The normalized spacial score (nSPS) is 35.2. The van der Waals surface area contributed by atoms with Crippen LogP contribution in [0.3, 0.4) is 0 Å². The maximum atomic E-state index is 11.8. The minimum Gasteiger partial charge on any atom is -0.481 e. The van der Waals surface area contributed by atoms with Crippen LogP contribution in [0.25, 0.3) is 0 Å². The van der Waals surface area contributed by atoms with Crippen molar-refractivity contribution < 1.29 is 19.1 Å². The van der Waals surface area contributed by atoms with Crippen LogP contribution in [0, 0.1) is 5.41 Å². The number of methoxy groups -OCH3 is 1. The van der Waals surface area contributed by atoms with E-state index in [1.54, 1.807) is 7.11 Å². The lowest BCUT2D eigenvalue weighted by atomic mass is 9.74. The zero-order chi connectivity index (χ0) is 13.2. The number of hydrogen-bond acceptors (Lipinski definition) is 5. The molecule has 18 heavy (non-hydrogen) atoms. The summed E-state index contributed by atoms with van der Waals surface area (Å²) in [5.41, 5.74) is -1.26. The first-order chi connectivity index (χ1) is 8.56. The zero-order valence-electron chi connectivity index (χ0n) is 10.2. The van der Waals surface area contributed by atoms with Crippen molar-refractivity contribution in [3.63, 3.8) is 0 Å². The average molecular weight is 255 g/mol. The number of amides is 3. The SMILES string of the molecule is COC1(COC=N)CCC2(CC1)NC(=O)NC2=O. The van der Waals surface area contributed by atoms with Gasteiger partial charge in [-0.1, -0.05) is 0 Å². The standard InChI is InChI=1S/C11H17N3O4/c1-17-10(6-18-7-12)2-4-11(5-3-10)8(15)13-9(16)14-11/h7,12H,2-6H2,1H3,(H2,13,14,15,16). The third-order valence-electron chi connectivity index (χ3n) is 3.89. The van der Waals surface area contributed by atoms with Gasteiger partial charge < -0.3 is 14.8 Å². The smallest absolute Gasteiger partial charge is 0.322 e. The van der Waals surface area contributed by atoms with E-state index in [0.29, 0.717) is 32.3 Å². The van der Waals surface area contributed by atoms with Gasteiger partial charge in [0.25, 0.3) is 5.91 Å². The van der Waals surface area contributed by atoms with Gasteiger partial charge in [0.05, 0.1) is 0 Å². The van der Waals surface area contributed by atoms with Crippen LogP contribution in [0.4, 0.5) is 4.79 Å². The summed E-state index contributed by atoms with van der Waals surface area (Å²) < 4.78 is 10.5. The molecule has 1 aliphatic carbocycles. The van der Waals surface area contributed by atoms with E-state index < -0.39 is 17.2 Å². The quantitative estimate of drug-likeness (QED) is 0.378. The van der Waals surface area contributed by atoms with Crippen molar-refractivity contribution in [3.05, 3.63) is 0 Å². The van der Waals surface area contributed by atoms with Crippen molar-refractivity contribution >= 4 is 18.3 Å². The molecular weight excluding hydrogens is 238 g/mol. The molecule has 0 aromatic carbocycles. The van der Waals surface area contributed by atoms with Crippen molar-refractivity contribution in [2.24, 2.45) is 0 Å². The van der Waals surface area contributed by atoms with E-state index in [4.69, 9.17) is 14.9 Å². The maximum absolute atomic E-state index is 11.8. The van der Waals surface area contributed by atoms with Crippen LogP contribution in [0.2, 0.25) is 0 Å². The van der Waals surface area contributed by atoms with Crippen LogP contribution in [0.15, 0.2) is 0 Å². The van der Waals surface area contributed by atoms with Gasteiger partial charge in [0, 0.05) is 7.11 Å². The average Bonchev–Trinajstić information content (AvgIpc) is 2.64. The van der Waals surface area contributed by atoms with Gasteiger partial charge in [0.15, 0.2) is 6.40 Å². The molecule has 2 rings (SSSR count). The fraction of sp³-hybridized carbons (Fsp3) is 0.727. The van der Waals surface area contributed by atoms with Gasteiger partial charge in [-0.2, -0.15) is 0 Å². The Morgan fingerprint density at radius 1 is 1.33 bits per heavy atom. The van der Waals surface area contributed by atoms with Crippen molar-refractivity contribution in [3.8, 4) is 0 Å². The molecule has 0 atom stereocenters. The van der Waals surface area contributed by atoms with E-state index in [1.807, 2.05) is 0 Å². The summed E-state index contributed by atoms with van der Waals surface area (Å²) >= 11 is 0. The number of carbonyl (C=O) groups excluding carboxylic acids is 2. The molecule has 0 unspecified atom stereocenters. The predicted molar refractivity (Wildman–Crippen MR) is 62.3 cm³/mol. The number of nitrogens with one attached hydrogen (secondary N) is 3. The third-order valence-corrected chi connectivity index (χ3v) is 3.89. The summed E-state index contributed by atoms with van der Waals surface area (Å²) in [6.45, 7) is 0.290. The van der Waals surface area contributed by atoms with Gasteiger partial charge in [-0.25, -0.2) is 4.79 Å². The Labute approximate surface area is 105 Å². The van der Waals surface area contributed by atoms with Gasteiger partial charge in [-0.15, -0.1) is 0 Å². The molecule has 0 aromatic heterocycles. The first-order valence-electron chi connectivity index (χ1n) is 5.85. The lowest BCUT2D eigenvalue weighted by Crippen LogP contribution is -2.54. The van der Waals surface area contributed by atoms with Crippen molar-refractivity contribution in [1.82, 2.24) is 10.6 Å². The van der Waals surface area contributed by atoms with Gasteiger partial charge in [0.2, 0.25) is 0 Å². The monoisotopic (exact) mass is 255 g/mol. The summed E-state index contributed by atoms with van der Waals surface area (Å²) in [6, 6.07) is -0.430. The van der Waals surface area contributed by atoms with Gasteiger partial charge in [-0.3, -0.25) is 15.5 Å². The van der Waals surface area contributed by atoms with E-state index in [2.05, 4.69) is 10.6 Å². The molecule has 0 aromatic rings. The first-order valence-corrected chi connectivity index (χ1v) is 5.85. The fourth-order valence-electron chi connectivity index (χ4n) is 2.61. The molecule has 7 nitrogen and oxygen atoms in total. The lowest BCUT2D eigenvalue weighted by molar-refractivity contribution is -0.130. The van der Waals surface area contributed by atoms with Crippen LogP contribution in [-0.4, -0.2) is 43.2 Å². The number of hydrogen-bond donors (Lipinski definition) is 3. The molecule has 1 spiro atoms. The highest BCUT2D eigenvalue weighted by atomic mass is 16.5. The topological polar surface area (TPSA) is 101 Å². The second kappa shape index (κ2) is 4.56. The highest BCUT2D eigenvalue weighted by Crippen LogP contribution is 2.38. The molecule has 1 saturated heterocycles. The summed E-state index contributed by atoms with van der Waals surface area (Å²) in [5.74, 6) is -0.259. The molecule has 0 radical (unpaired) electrons. The molecule has 3 amide bonds. The summed E-state index contributed by atoms with van der Waals surface area (Å²) in [4.78, 5) is 23.0. The van der Waals surface area contributed by atoms with Crippen LogP contribution < -0.4 is 10.6 Å². The Hall–Kier alpha value is -1.63. The van der Waals surface area contributed by atoms with Crippen molar-refractivity contribution in [2.75, 3.05) is 13.7 Å². The van der Waals surface area contributed by atoms with E-state index in [1.165, 1.54) is 0 Å². The van der Waals surface area contributed by atoms with Gasteiger partial charge >= 0.3 is 6.03 Å². The third kappa shape index (κ3) is 2.05. The molecular formula is C11H17N3O4. The summed E-state index contributed by atoms with van der Waals surface area (Å²) in [6.07, 6.45) is 3.12. The molecule has 7 heteroatoms. The van der Waals surface area contributed by atoms with Gasteiger partial charge in [-0.05, 0) is 25.7 Å². The van der Waals surface area contributed by atoms with Crippen LogP contribution in [0.1, 0.15) is 25.7 Å². The van der Waals surface area contributed by atoms with E-state index >= 15 is 0 Å². The van der Waals surface area contributed by atoms with Crippen LogP contribution in [-0.2, 0) is 14.3 Å². The number of carbonyl (C=O) groups is 2. The van der Waals surface area contributed by atoms with Crippen molar-refractivity contribution in [1.29, 1.82) is 5.41 Å². The molecule has 3 N–H and O–H groups in total. The minimum atomic E-state index is -0.788. The fourth-order valence-corrected chi connectivity index (χ4v) is 2.61. The van der Waals surface area contributed by atoms with Gasteiger partial charge in [0.1, 0.15) is 17.7 Å². The largest absolute Gasteiger partial charge is 0.481 e. The highest BCUT2D eigenvalue weighted by molar-refractivity contribution is 6.07. The Kier molecular flexibility index (Phi) is 3.25. The Morgan fingerprint density at radius 2 is 2.00 bits per heavy atom. The highest BCUT2D eigenvalue weighted by Gasteiger charge is 2.52. The van der Waals surface area contributed by atoms with Crippen LogP contribution >= 0.6 is 0 Å². The molecule has 2 aliphatic rings. The second-order valence-corrected chi connectivity index (χ2v) is 4.81. The lowest BCUT2D eigenvalue weighted by Gasteiger charge is -2.41. The molecule has 2 fully saturated rings. The van der Waals surface area contributed by atoms with E-state index in [9.17, 15) is 9.59 Å². The summed E-state index contributed by atoms with van der Waals surface area (Å²) in [5, 5.41) is 11.8. The number of imide groups is 1. The molecule has 1 heterocycles. The molecule has 100 valence electrons. The maximum Gasteiger partial charge on any atom is 0.322 e. The first kappa shape index (κ1) is 12.8. The van der Waals surface area contributed by atoms with E-state index in [0.717, 1.165) is 6.40 Å². The van der Waals surface area contributed by atoms with Crippen LogP contribution in [0.5, 0.6) is 0 Å². The summed E-state index contributed by atoms with van der Waals surface area (Å²) in [7, 11) is 1.60. The van der Waals surface area contributed by atoms with E-state index in [-0.39, 0.29) is 5.91 Å². The number of rotatable bonds is 4. The number of ether oxygens (including phenoxy) is 2. The molecule has 1 saturated carbocycles. The predicted octanol–water partition coefficient (Wildman–Crippen LogP) is 0.147. The minimum absolute atomic E-state index is 0.259. The number of urea groups is 1. The zero-order valence-corrected chi connectivity index (χ0v) is 10.2. The molecule has 0 bridgehead atoms. The molecule has 1 aliphatic heterocycles. The Balaban J connectivity index is 2.04. The second-order valence-electron chi connectivity index (χ2n) is 4.81. The van der Waals surface area contributed by atoms with Crippen molar-refractivity contribution in [2.45, 2.75) is 36.8 Å².